The van der Waals surface area contributed by atoms with E-state index in [0.717, 1.165) is 24.3 Å². The monoisotopic (exact) mass is 240 g/mol. The zero-order valence-corrected chi connectivity index (χ0v) is 10.0. The molecule has 1 aromatic carbocycles. The van der Waals surface area contributed by atoms with Crippen LogP contribution in [0.4, 0.5) is 0 Å². The van der Waals surface area contributed by atoms with Crippen molar-refractivity contribution in [3.63, 3.8) is 0 Å². The van der Waals surface area contributed by atoms with E-state index in [-0.39, 0.29) is 0 Å². The van der Waals surface area contributed by atoms with Gasteiger partial charge in [0.15, 0.2) is 11.5 Å². The maximum absolute atomic E-state index is 5.36. The molecule has 3 nitrogen and oxygen atoms in total. The summed E-state index contributed by atoms with van der Waals surface area (Å²) < 4.78 is 10.6. The first-order valence-electron chi connectivity index (χ1n) is 6.01. The first kappa shape index (κ1) is 11.1. The van der Waals surface area contributed by atoms with Crippen LogP contribution in [0.1, 0.15) is 11.1 Å². The fourth-order valence-corrected chi connectivity index (χ4v) is 1.99. The maximum atomic E-state index is 5.36. The molecule has 3 heteroatoms. The van der Waals surface area contributed by atoms with Gasteiger partial charge in [-0.3, -0.25) is 4.98 Å². The van der Waals surface area contributed by atoms with Gasteiger partial charge in [-0.25, -0.2) is 0 Å². The van der Waals surface area contributed by atoms with E-state index >= 15 is 0 Å². The van der Waals surface area contributed by atoms with E-state index in [0.29, 0.717) is 6.79 Å². The van der Waals surface area contributed by atoms with Gasteiger partial charge in [-0.1, -0.05) is 12.1 Å². The summed E-state index contributed by atoms with van der Waals surface area (Å²) in [6.45, 7) is 0.332. The molecule has 1 aromatic heterocycles. The standard InChI is InChI=1S/C15H14NO2/c1(4-13-5-2-8-16-10-13)3-12-6-7-14-15(9-12)18-11-17-14/h1-2,5-10H,3-4,11H2. The van der Waals surface area contributed by atoms with Crippen LogP contribution in [0.3, 0.4) is 0 Å². The molecular weight excluding hydrogens is 226 g/mol. The normalized spacial score (nSPS) is 12.7. The van der Waals surface area contributed by atoms with Crippen molar-refractivity contribution < 1.29 is 9.47 Å². The Morgan fingerprint density at radius 3 is 2.83 bits per heavy atom. The fraction of sp³-hybridized carbons (Fsp3) is 0.200. The second kappa shape index (κ2) is 5.08. The highest BCUT2D eigenvalue weighted by atomic mass is 16.7. The Morgan fingerprint density at radius 2 is 1.94 bits per heavy atom. The average Bonchev–Trinajstić information content (AvgIpc) is 2.87. The smallest absolute Gasteiger partial charge is 0.231 e. The van der Waals surface area contributed by atoms with Gasteiger partial charge in [-0.2, -0.15) is 0 Å². The Bertz CT molecular complexity index is 525. The van der Waals surface area contributed by atoms with Gasteiger partial charge in [0.05, 0.1) is 0 Å². The van der Waals surface area contributed by atoms with Crippen molar-refractivity contribution in [2.75, 3.05) is 6.79 Å². The minimum Gasteiger partial charge on any atom is -0.454 e. The molecule has 0 atom stereocenters. The third-order valence-corrected chi connectivity index (χ3v) is 2.92. The van der Waals surface area contributed by atoms with Crippen LogP contribution in [0.25, 0.3) is 0 Å². The van der Waals surface area contributed by atoms with Crippen molar-refractivity contribution in [1.82, 2.24) is 4.98 Å². The summed E-state index contributed by atoms with van der Waals surface area (Å²) in [6, 6.07) is 10.1. The van der Waals surface area contributed by atoms with Gasteiger partial charge in [0, 0.05) is 12.4 Å². The van der Waals surface area contributed by atoms with Gasteiger partial charge in [0.2, 0.25) is 6.79 Å². The highest BCUT2D eigenvalue weighted by Crippen LogP contribution is 2.32. The minimum absolute atomic E-state index is 0.332. The lowest BCUT2D eigenvalue weighted by Gasteiger charge is -2.03. The number of benzene rings is 1. The number of hydrogen-bond donors (Lipinski definition) is 0. The van der Waals surface area contributed by atoms with E-state index < -0.39 is 0 Å². The van der Waals surface area contributed by atoms with Gasteiger partial charge in [0.1, 0.15) is 0 Å². The minimum atomic E-state index is 0.332. The maximum Gasteiger partial charge on any atom is 0.231 e. The lowest BCUT2D eigenvalue weighted by Crippen LogP contribution is -1.93. The summed E-state index contributed by atoms with van der Waals surface area (Å²) in [5.74, 6) is 1.69. The summed E-state index contributed by atoms with van der Waals surface area (Å²) >= 11 is 0. The molecule has 91 valence electrons. The van der Waals surface area contributed by atoms with Crippen molar-refractivity contribution in [1.29, 1.82) is 0 Å². The highest BCUT2D eigenvalue weighted by molar-refractivity contribution is 5.44. The molecule has 1 radical (unpaired) electrons. The average molecular weight is 240 g/mol. The molecule has 2 aromatic rings. The first-order chi connectivity index (χ1) is 8.92. The SMILES string of the molecule is [CH](Cc1cccnc1)Cc1ccc2c(c1)OCO2. The van der Waals surface area contributed by atoms with E-state index in [4.69, 9.17) is 9.47 Å². The Kier molecular flexibility index (Phi) is 3.13. The molecule has 0 amide bonds. The quantitative estimate of drug-likeness (QED) is 0.823. The lowest BCUT2D eigenvalue weighted by molar-refractivity contribution is 0.174. The highest BCUT2D eigenvalue weighted by Gasteiger charge is 2.12. The number of ether oxygens (including phenoxy) is 2. The predicted molar refractivity (Wildman–Crippen MR) is 68.5 cm³/mol. The van der Waals surface area contributed by atoms with Crippen LogP contribution >= 0.6 is 0 Å². The van der Waals surface area contributed by atoms with Crippen molar-refractivity contribution in [2.24, 2.45) is 0 Å². The van der Waals surface area contributed by atoms with Crippen molar-refractivity contribution >= 4 is 0 Å². The zero-order valence-electron chi connectivity index (χ0n) is 10.0. The molecule has 2 heterocycles. The van der Waals surface area contributed by atoms with Gasteiger partial charge in [0.25, 0.3) is 0 Å². The van der Waals surface area contributed by atoms with E-state index in [9.17, 15) is 0 Å². The van der Waals surface area contributed by atoms with Crippen molar-refractivity contribution in [3.8, 4) is 11.5 Å². The van der Waals surface area contributed by atoms with E-state index in [1.54, 1.807) is 6.20 Å². The number of hydrogen-bond acceptors (Lipinski definition) is 3. The fourth-order valence-electron chi connectivity index (χ4n) is 1.99. The number of fused-ring (bicyclic) bond motifs is 1. The van der Waals surface area contributed by atoms with Gasteiger partial charge >= 0.3 is 0 Å². The van der Waals surface area contributed by atoms with Gasteiger partial charge in [-0.15, -0.1) is 0 Å². The van der Waals surface area contributed by atoms with Gasteiger partial charge < -0.3 is 9.47 Å². The number of pyridine rings is 1. The van der Waals surface area contributed by atoms with Crippen LogP contribution in [-0.4, -0.2) is 11.8 Å². The van der Waals surface area contributed by atoms with Crippen LogP contribution in [-0.2, 0) is 12.8 Å². The molecule has 0 bridgehead atoms. The van der Waals surface area contributed by atoms with Gasteiger partial charge in [-0.05, 0) is 48.6 Å². The third-order valence-electron chi connectivity index (χ3n) is 2.92. The summed E-state index contributed by atoms with van der Waals surface area (Å²) in [6.07, 6.45) is 7.79. The largest absolute Gasteiger partial charge is 0.454 e. The molecular formula is C15H14NO2. The first-order valence-corrected chi connectivity index (χ1v) is 6.01. The Hall–Kier alpha value is -2.03. The van der Waals surface area contributed by atoms with Crippen LogP contribution in [0, 0.1) is 6.42 Å². The van der Waals surface area contributed by atoms with Crippen LogP contribution in [0.15, 0.2) is 42.7 Å². The third kappa shape index (κ3) is 2.45. The second-order valence-corrected chi connectivity index (χ2v) is 4.25. The topological polar surface area (TPSA) is 31.4 Å². The Balaban J connectivity index is 1.57. The molecule has 0 aliphatic carbocycles. The number of rotatable bonds is 4. The lowest BCUT2D eigenvalue weighted by atomic mass is 10.0. The molecule has 0 saturated carbocycles. The molecule has 0 N–H and O–H groups in total. The summed E-state index contributed by atoms with van der Waals surface area (Å²) in [5, 5.41) is 0. The number of aromatic nitrogens is 1. The van der Waals surface area contributed by atoms with E-state index in [2.05, 4.69) is 23.5 Å². The molecule has 18 heavy (non-hydrogen) atoms. The molecule has 0 saturated heterocycles. The van der Waals surface area contributed by atoms with E-state index in [1.165, 1.54) is 11.1 Å². The molecule has 1 aliphatic rings. The summed E-state index contributed by atoms with van der Waals surface area (Å²) in [7, 11) is 0. The van der Waals surface area contributed by atoms with E-state index in [1.807, 2.05) is 24.4 Å². The Labute approximate surface area is 106 Å². The Morgan fingerprint density at radius 1 is 1.06 bits per heavy atom. The zero-order chi connectivity index (χ0) is 12.2. The second-order valence-electron chi connectivity index (χ2n) is 4.25. The van der Waals surface area contributed by atoms with Crippen LogP contribution < -0.4 is 9.47 Å². The predicted octanol–water partition coefficient (Wildman–Crippen LogP) is 2.80. The molecule has 0 spiro atoms. The summed E-state index contributed by atoms with van der Waals surface area (Å²) in [5.41, 5.74) is 2.47. The van der Waals surface area contributed by atoms with Crippen molar-refractivity contribution in [3.05, 3.63) is 60.3 Å². The summed E-state index contributed by atoms with van der Waals surface area (Å²) in [4.78, 5) is 4.10. The molecule has 1 aliphatic heterocycles. The van der Waals surface area contributed by atoms with Crippen LogP contribution in [0.2, 0.25) is 0 Å². The number of nitrogens with zero attached hydrogens (tertiary/aromatic N) is 1. The molecule has 0 fully saturated rings. The van der Waals surface area contributed by atoms with Crippen molar-refractivity contribution in [2.45, 2.75) is 12.8 Å². The molecule has 0 unspecified atom stereocenters. The molecule has 3 rings (SSSR count). The van der Waals surface area contributed by atoms with Crippen LogP contribution in [0.5, 0.6) is 11.5 Å².